The van der Waals surface area contributed by atoms with Gasteiger partial charge in [0.2, 0.25) is 12.0 Å². The van der Waals surface area contributed by atoms with Crippen molar-refractivity contribution in [3.63, 3.8) is 0 Å². The van der Waals surface area contributed by atoms with Gasteiger partial charge in [0.05, 0.1) is 12.7 Å². The molecule has 160 valence electrons. The number of amides is 1. The number of para-hydroxylation sites is 2. The number of carbonyl (C=O) groups is 1. The van der Waals surface area contributed by atoms with Crippen molar-refractivity contribution in [3.05, 3.63) is 65.6 Å². The maximum atomic E-state index is 12.9. The van der Waals surface area contributed by atoms with Crippen LogP contribution in [0.3, 0.4) is 0 Å². The molecule has 0 bridgehead atoms. The Balaban J connectivity index is 1.15. The molecule has 0 aliphatic carbocycles. The zero-order chi connectivity index (χ0) is 21.2. The summed E-state index contributed by atoms with van der Waals surface area (Å²) in [6, 6.07) is 14.9. The third kappa shape index (κ3) is 4.38. The second-order valence-corrected chi connectivity index (χ2v) is 8.03. The quantitative estimate of drug-likeness (QED) is 0.620. The molecule has 0 saturated carbocycles. The minimum Gasteiger partial charge on any atom is -0.485 e. The third-order valence-corrected chi connectivity index (χ3v) is 5.72. The van der Waals surface area contributed by atoms with E-state index in [9.17, 15) is 4.79 Å². The maximum absolute atomic E-state index is 12.9. The van der Waals surface area contributed by atoms with Crippen LogP contribution in [0.5, 0.6) is 11.5 Å². The van der Waals surface area contributed by atoms with Crippen LogP contribution in [0.2, 0.25) is 5.02 Å². The lowest BCUT2D eigenvalue weighted by molar-refractivity contribution is -0.143. The number of benzene rings is 2. The van der Waals surface area contributed by atoms with E-state index in [1.807, 2.05) is 53.4 Å². The molecule has 1 amide bonds. The predicted octanol–water partition coefficient (Wildman–Crippen LogP) is 3.48. The van der Waals surface area contributed by atoms with Gasteiger partial charge in [-0.2, -0.15) is 0 Å². The van der Waals surface area contributed by atoms with Crippen molar-refractivity contribution in [3.8, 4) is 22.8 Å². The van der Waals surface area contributed by atoms with Crippen molar-refractivity contribution in [2.75, 3.05) is 32.8 Å². The van der Waals surface area contributed by atoms with Crippen LogP contribution < -0.4 is 9.47 Å². The molecule has 2 aliphatic heterocycles. The maximum Gasteiger partial charge on any atom is 0.267 e. The largest absolute Gasteiger partial charge is 0.485 e. The van der Waals surface area contributed by atoms with Gasteiger partial charge in [0, 0.05) is 36.8 Å². The van der Waals surface area contributed by atoms with E-state index in [-0.39, 0.29) is 12.5 Å². The fourth-order valence-electron chi connectivity index (χ4n) is 3.82. The fourth-order valence-corrected chi connectivity index (χ4v) is 4.01. The first kappa shape index (κ1) is 19.9. The molecule has 0 spiro atoms. The van der Waals surface area contributed by atoms with Crippen molar-refractivity contribution in [2.45, 2.75) is 12.6 Å². The van der Waals surface area contributed by atoms with Gasteiger partial charge in [-0.3, -0.25) is 9.69 Å². The summed E-state index contributed by atoms with van der Waals surface area (Å²) in [6.07, 6.45) is 1.12. The van der Waals surface area contributed by atoms with Gasteiger partial charge in [-0.15, -0.1) is 0 Å². The zero-order valence-electron chi connectivity index (χ0n) is 16.9. The van der Waals surface area contributed by atoms with Crippen LogP contribution in [0, 0.1) is 0 Å². The highest BCUT2D eigenvalue weighted by molar-refractivity contribution is 6.30. The van der Waals surface area contributed by atoms with Crippen LogP contribution in [0.4, 0.5) is 0 Å². The van der Waals surface area contributed by atoms with Crippen molar-refractivity contribution < 1.29 is 18.7 Å². The molecule has 1 fully saturated rings. The molecular weight excluding hydrogens is 418 g/mol. The molecule has 3 aromatic rings. The van der Waals surface area contributed by atoms with Gasteiger partial charge < -0.3 is 18.8 Å². The van der Waals surface area contributed by atoms with E-state index in [2.05, 4.69) is 9.88 Å². The van der Waals surface area contributed by atoms with Gasteiger partial charge in [-0.1, -0.05) is 35.9 Å². The average molecular weight is 440 g/mol. The number of aromatic nitrogens is 1. The van der Waals surface area contributed by atoms with E-state index in [0.717, 1.165) is 18.7 Å². The van der Waals surface area contributed by atoms with Gasteiger partial charge >= 0.3 is 0 Å². The molecular formula is C23H22ClN3O4. The van der Waals surface area contributed by atoms with Gasteiger partial charge in [-0.25, -0.2) is 4.98 Å². The second-order valence-electron chi connectivity index (χ2n) is 7.59. The average Bonchev–Trinajstić information content (AvgIpc) is 3.27. The van der Waals surface area contributed by atoms with Crippen LogP contribution in [-0.2, 0) is 11.3 Å². The minimum atomic E-state index is -0.603. The van der Waals surface area contributed by atoms with Crippen LogP contribution in [0.15, 0.2) is 59.1 Å². The number of nitrogens with zero attached hydrogens (tertiary/aromatic N) is 3. The van der Waals surface area contributed by atoms with E-state index in [1.165, 1.54) is 0 Å². The predicted molar refractivity (Wildman–Crippen MR) is 115 cm³/mol. The number of oxazole rings is 1. The van der Waals surface area contributed by atoms with Crippen LogP contribution in [0.25, 0.3) is 11.3 Å². The minimum absolute atomic E-state index is 0.0338. The highest BCUT2D eigenvalue weighted by atomic mass is 35.5. The molecule has 1 atom stereocenters. The molecule has 0 radical (unpaired) electrons. The molecule has 1 saturated heterocycles. The van der Waals surface area contributed by atoms with Crippen LogP contribution in [-0.4, -0.2) is 59.6 Å². The molecule has 2 aromatic carbocycles. The van der Waals surface area contributed by atoms with Gasteiger partial charge in [0.15, 0.2) is 17.3 Å². The molecule has 3 heterocycles. The topological polar surface area (TPSA) is 68.0 Å². The van der Waals surface area contributed by atoms with Gasteiger partial charge in [0.25, 0.3) is 5.91 Å². The number of piperazine rings is 1. The molecule has 0 unspecified atom stereocenters. The molecule has 2 aliphatic rings. The van der Waals surface area contributed by atoms with E-state index in [0.29, 0.717) is 47.8 Å². The monoisotopic (exact) mass is 439 g/mol. The Kier molecular flexibility index (Phi) is 5.53. The summed E-state index contributed by atoms with van der Waals surface area (Å²) in [5, 5.41) is 0.659. The van der Waals surface area contributed by atoms with Crippen molar-refractivity contribution in [1.29, 1.82) is 0 Å². The highest BCUT2D eigenvalue weighted by Crippen LogP contribution is 2.31. The van der Waals surface area contributed by atoms with Crippen LogP contribution in [0.1, 0.15) is 5.89 Å². The number of ether oxygens (including phenoxy) is 2. The molecule has 0 N–H and O–H groups in total. The van der Waals surface area contributed by atoms with E-state index in [4.69, 9.17) is 25.5 Å². The Hall–Kier alpha value is -3.03. The number of halogens is 1. The Morgan fingerprint density at radius 1 is 1.06 bits per heavy atom. The first-order valence-electron chi connectivity index (χ1n) is 10.3. The number of carbonyl (C=O) groups excluding carboxylic acids is 1. The number of hydrogen-bond acceptors (Lipinski definition) is 6. The molecule has 1 aromatic heterocycles. The Labute approximate surface area is 185 Å². The summed E-state index contributed by atoms with van der Waals surface area (Å²) < 4.78 is 17.4. The molecule has 7 nitrogen and oxygen atoms in total. The summed E-state index contributed by atoms with van der Waals surface area (Å²) in [7, 11) is 0. The Bertz CT molecular complexity index is 1080. The lowest BCUT2D eigenvalue weighted by Crippen LogP contribution is -2.53. The van der Waals surface area contributed by atoms with Crippen molar-refractivity contribution in [2.24, 2.45) is 0 Å². The second kappa shape index (κ2) is 8.61. The normalized spacial score (nSPS) is 18.7. The van der Waals surface area contributed by atoms with E-state index >= 15 is 0 Å². The summed E-state index contributed by atoms with van der Waals surface area (Å²) in [5.74, 6) is 2.61. The lowest BCUT2D eigenvalue weighted by Gasteiger charge is -2.36. The van der Waals surface area contributed by atoms with Crippen molar-refractivity contribution in [1.82, 2.24) is 14.8 Å². The smallest absolute Gasteiger partial charge is 0.267 e. The highest BCUT2D eigenvalue weighted by Gasteiger charge is 2.32. The van der Waals surface area contributed by atoms with Crippen LogP contribution >= 0.6 is 11.6 Å². The van der Waals surface area contributed by atoms with Gasteiger partial charge in [0.1, 0.15) is 6.61 Å². The number of rotatable bonds is 4. The Morgan fingerprint density at radius 2 is 1.87 bits per heavy atom. The fraction of sp³-hybridized carbons (Fsp3) is 0.304. The van der Waals surface area contributed by atoms with Crippen molar-refractivity contribution >= 4 is 17.5 Å². The zero-order valence-corrected chi connectivity index (χ0v) is 17.6. The Morgan fingerprint density at radius 3 is 2.68 bits per heavy atom. The van der Waals surface area contributed by atoms with Gasteiger partial charge in [-0.05, 0) is 24.3 Å². The molecule has 5 rings (SSSR count). The van der Waals surface area contributed by atoms with E-state index in [1.54, 1.807) is 6.20 Å². The standard InChI is InChI=1S/C23H22ClN3O4/c24-17-5-3-4-16(12-17)20-13-25-22(31-20)14-26-8-10-27(11-9-26)23(28)21-15-29-18-6-1-2-7-19(18)30-21/h1-7,12-13,21H,8-11,14-15H2/t21-/m0/s1. The SMILES string of the molecule is O=C([C@@H]1COc2ccccc2O1)N1CCN(Cc2ncc(-c3cccc(Cl)c3)o2)CC1. The third-order valence-electron chi connectivity index (χ3n) is 5.49. The first-order chi connectivity index (χ1) is 15.2. The summed E-state index contributed by atoms with van der Waals surface area (Å²) in [4.78, 5) is 21.3. The lowest BCUT2D eigenvalue weighted by atomic mass is 10.2. The summed E-state index contributed by atoms with van der Waals surface area (Å²) in [6.45, 7) is 3.57. The first-order valence-corrected chi connectivity index (χ1v) is 10.6. The molecule has 8 heteroatoms. The number of fused-ring (bicyclic) bond motifs is 1. The van der Waals surface area contributed by atoms with E-state index < -0.39 is 6.10 Å². The summed E-state index contributed by atoms with van der Waals surface area (Å²) in [5.41, 5.74) is 0.901. The number of hydrogen-bond donors (Lipinski definition) is 0. The summed E-state index contributed by atoms with van der Waals surface area (Å²) >= 11 is 6.06. The molecule has 31 heavy (non-hydrogen) atoms.